The number of phenolic OH excluding ortho intramolecular Hbond substituents is 1. The third-order valence-electron chi connectivity index (χ3n) is 7.10. The van der Waals surface area contributed by atoms with Crippen LogP contribution in [-0.2, 0) is 27.3 Å². The Morgan fingerprint density at radius 1 is 1.16 bits per heavy atom. The van der Waals surface area contributed by atoms with Crippen molar-refractivity contribution in [3.63, 3.8) is 0 Å². The molecule has 1 aromatic carbocycles. The molecule has 0 saturated heterocycles. The van der Waals surface area contributed by atoms with Crippen LogP contribution in [0.2, 0.25) is 0 Å². The minimum Gasteiger partial charge on any atom is -0.511 e. The normalized spacial score (nSPS) is 25.3. The molecule has 2 amide bonds. The van der Waals surface area contributed by atoms with Gasteiger partial charge in [0.15, 0.2) is 11.4 Å². The van der Waals surface area contributed by atoms with Gasteiger partial charge in [-0.25, -0.2) is 4.79 Å². The van der Waals surface area contributed by atoms with Crippen LogP contribution in [-0.4, -0.2) is 56.2 Å². The Morgan fingerprint density at radius 2 is 1.84 bits per heavy atom. The maximum atomic E-state index is 13.5. The standard InChI is InChI=1S/C26H30N2O9/c1-25(2,3)10-37-24(35)28-9-11-4-5-15(29)18-14(11)7-12-6-13-8-16(30)19(23(27)34)22(33)26(13,36)21(32)17(12)20(18)31/h4-5,12-13,29-30,32,36H,6-10H2,1-3H3,(H2,27,34)(H,28,35)/t12-,13+,26+/m1/s1. The fourth-order valence-corrected chi connectivity index (χ4v) is 5.35. The molecule has 0 fully saturated rings. The Bertz CT molecular complexity index is 1290. The summed E-state index contributed by atoms with van der Waals surface area (Å²) in [4.78, 5) is 50.4. The highest BCUT2D eigenvalue weighted by Gasteiger charge is 2.59. The second-order valence-corrected chi connectivity index (χ2v) is 11.0. The molecule has 7 N–H and O–H groups in total. The molecule has 0 heterocycles. The highest BCUT2D eigenvalue weighted by Crippen LogP contribution is 2.51. The predicted molar refractivity (Wildman–Crippen MR) is 128 cm³/mol. The minimum absolute atomic E-state index is 0.00791. The number of primary amides is 1. The van der Waals surface area contributed by atoms with Crippen LogP contribution in [0.4, 0.5) is 4.79 Å². The van der Waals surface area contributed by atoms with Gasteiger partial charge in [0.2, 0.25) is 5.78 Å². The van der Waals surface area contributed by atoms with Crippen molar-refractivity contribution in [2.75, 3.05) is 6.61 Å². The molecule has 0 aliphatic heterocycles. The number of benzene rings is 1. The van der Waals surface area contributed by atoms with Gasteiger partial charge in [-0.15, -0.1) is 0 Å². The molecule has 11 nitrogen and oxygen atoms in total. The first kappa shape index (κ1) is 26.2. The van der Waals surface area contributed by atoms with Gasteiger partial charge in [-0.3, -0.25) is 14.4 Å². The number of phenols is 1. The number of fused-ring (bicyclic) bond motifs is 3. The lowest BCUT2D eigenvalue weighted by Gasteiger charge is -2.45. The first-order chi connectivity index (χ1) is 17.2. The summed E-state index contributed by atoms with van der Waals surface area (Å²) in [6.45, 7) is 5.95. The van der Waals surface area contributed by atoms with E-state index in [9.17, 15) is 39.6 Å². The molecule has 4 rings (SSSR count). The number of rotatable bonds is 4. The van der Waals surface area contributed by atoms with Gasteiger partial charge in [0.05, 0.1) is 12.2 Å². The van der Waals surface area contributed by atoms with Crippen molar-refractivity contribution < 1.29 is 44.3 Å². The van der Waals surface area contributed by atoms with Gasteiger partial charge in [-0.05, 0) is 41.4 Å². The number of amides is 2. The SMILES string of the molecule is CC(C)(C)COC(=O)NCc1ccc(O)c2c1C[C@H]1C[C@H]3CC(O)=C(C(N)=O)C(=O)[C@@]3(O)C(O)=C1C2=O. The maximum absolute atomic E-state index is 13.5. The fourth-order valence-electron chi connectivity index (χ4n) is 5.35. The van der Waals surface area contributed by atoms with Gasteiger partial charge in [-0.1, -0.05) is 26.8 Å². The zero-order valence-electron chi connectivity index (χ0n) is 20.8. The molecule has 0 aromatic heterocycles. The molecule has 0 bridgehead atoms. The first-order valence-corrected chi connectivity index (χ1v) is 11.9. The highest BCUT2D eigenvalue weighted by molar-refractivity contribution is 6.24. The van der Waals surface area contributed by atoms with E-state index in [1.54, 1.807) is 6.07 Å². The summed E-state index contributed by atoms with van der Waals surface area (Å²) in [5.41, 5.74) is 2.19. The van der Waals surface area contributed by atoms with Crippen molar-refractivity contribution >= 4 is 23.6 Å². The molecule has 198 valence electrons. The second-order valence-electron chi connectivity index (χ2n) is 11.0. The van der Waals surface area contributed by atoms with Gasteiger partial charge in [0, 0.05) is 24.5 Å². The molecule has 3 aliphatic carbocycles. The van der Waals surface area contributed by atoms with E-state index in [1.807, 2.05) is 20.8 Å². The summed E-state index contributed by atoms with van der Waals surface area (Å²) in [5, 5.41) is 45.7. The third-order valence-corrected chi connectivity index (χ3v) is 7.10. The molecule has 0 radical (unpaired) electrons. The Labute approximate surface area is 212 Å². The van der Waals surface area contributed by atoms with E-state index in [4.69, 9.17) is 10.5 Å². The van der Waals surface area contributed by atoms with E-state index < -0.39 is 58.1 Å². The zero-order chi connectivity index (χ0) is 27.4. The number of alkyl carbamates (subject to hydrolysis) is 1. The zero-order valence-corrected chi connectivity index (χ0v) is 20.8. The molecule has 11 heteroatoms. The lowest BCUT2D eigenvalue weighted by Crippen LogP contribution is -2.57. The summed E-state index contributed by atoms with van der Waals surface area (Å²) in [7, 11) is 0. The van der Waals surface area contributed by atoms with Crippen LogP contribution in [0.1, 0.15) is 55.1 Å². The highest BCUT2D eigenvalue weighted by atomic mass is 16.5. The first-order valence-electron chi connectivity index (χ1n) is 11.9. The smallest absolute Gasteiger partial charge is 0.407 e. The number of aliphatic hydroxyl groups is 3. The molecule has 3 aliphatic rings. The van der Waals surface area contributed by atoms with E-state index in [2.05, 4.69) is 5.32 Å². The molecular formula is C26H30N2O9. The Kier molecular flexibility index (Phi) is 6.31. The van der Waals surface area contributed by atoms with Gasteiger partial charge < -0.3 is 36.2 Å². The molecule has 1 aromatic rings. The number of nitrogens with two attached hydrogens (primary N) is 1. The fraction of sp³-hybridized carbons (Fsp3) is 0.462. The van der Waals surface area contributed by atoms with Crippen molar-refractivity contribution in [3.8, 4) is 5.75 Å². The number of carbonyl (C=O) groups excluding carboxylic acids is 4. The summed E-state index contributed by atoms with van der Waals surface area (Å²) in [6, 6.07) is 2.85. The number of allylic oxidation sites excluding steroid dienone is 2. The van der Waals surface area contributed by atoms with Gasteiger partial charge >= 0.3 is 6.09 Å². The summed E-state index contributed by atoms with van der Waals surface area (Å²) >= 11 is 0. The quantitative estimate of drug-likeness (QED) is 0.325. The van der Waals surface area contributed by atoms with E-state index in [1.165, 1.54) is 6.07 Å². The van der Waals surface area contributed by atoms with Crippen molar-refractivity contribution in [1.29, 1.82) is 0 Å². The lowest BCUT2D eigenvalue weighted by atomic mass is 9.60. The summed E-state index contributed by atoms with van der Waals surface area (Å²) in [5.74, 6) is -6.84. The van der Waals surface area contributed by atoms with Crippen molar-refractivity contribution in [3.05, 3.63) is 51.5 Å². The van der Waals surface area contributed by atoms with Crippen LogP contribution in [0.5, 0.6) is 5.75 Å². The number of carbonyl (C=O) groups is 4. The summed E-state index contributed by atoms with van der Waals surface area (Å²) < 4.78 is 5.21. The largest absolute Gasteiger partial charge is 0.511 e. The van der Waals surface area contributed by atoms with Crippen molar-refractivity contribution in [1.82, 2.24) is 5.32 Å². The Hall–Kier alpha value is -3.86. The van der Waals surface area contributed by atoms with Gasteiger partial charge in [0.1, 0.15) is 22.8 Å². The lowest BCUT2D eigenvalue weighted by molar-refractivity contribution is -0.144. The minimum atomic E-state index is -2.61. The Balaban J connectivity index is 1.69. The molecule has 0 spiro atoms. The average Bonchev–Trinajstić information content (AvgIpc) is 2.78. The number of aromatic hydroxyl groups is 1. The van der Waals surface area contributed by atoms with Crippen molar-refractivity contribution in [2.45, 2.75) is 52.2 Å². The number of hydrogen-bond donors (Lipinski definition) is 6. The monoisotopic (exact) mass is 514 g/mol. The van der Waals surface area contributed by atoms with Crippen LogP contribution in [0.15, 0.2) is 34.8 Å². The van der Waals surface area contributed by atoms with Crippen LogP contribution in [0.25, 0.3) is 0 Å². The van der Waals surface area contributed by atoms with Crippen LogP contribution in [0, 0.1) is 17.3 Å². The molecule has 0 unspecified atom stereocenters. The third kappa shape index (κ3) is 4.33. The molecular weight excluding hydrogens is 484 g/mol. The average molecular weight is 515 g/mol. The second kappa shape index (κ2) is 8.91. The molecule has 37 heavy (non-hydrogen) atoms. The van der Waals surface area contributed by atoms with Crippen molar-refractivity contribution in [2.24, 2.45) is 23.0 Å². The van der Waals surface area contributed by atoms with Crippen LogP contribution < -0.4 is 11.1 Å². The van der Waals surface area contributed by atoms with E-state index >= 15 is 0 Å². The van der Waals surface area contributed by atoms with Crippen LogP contribution >= 0.6 is 0 Å². The number of Topliss-reactive ketones (excluding diaryl/α,β-unsaturated/α-hetero) is 2. The number of ether oxygens (including phenoxy) is 1. The number of nitrogens with one attached hydrogen (secondary N) is 1. The Morgan fingerprint density at radius 3 is 2.46 bits per heavy atom. The number of aliphatic hydroxyl groups excluding tert-OH is 2. The number of hydrogen-bond acceptors (Lipinski definition) is 9. The van der Waals surface area contributed by atoms with Crippen LogP contribution in [0.3, 0.4) is 0 Å². The topological polar surface area (TPSA) is 196 Å². The van der Waals surface area contributed by atoms with Gasteiger partial charge in [0.25, 0.3) is 5.91 Å². The van der Waals surface area contributed by atoms with E-state index in [-0.39, 0.29) is 54.7 Å². The van der Waals surface area contributed by atoms with E-state index in [0.29, 0.717) is 11.1 Å². The summed E-state index contributed by atoms with van der Waals surface area (Å²) in [6.07, 6.45) is -0.771. The van der Waals surface area contributed by atoms with Gasteiger partial charge in [-0.2, -0.15) is 0 Å². The number of ketones is 2. The maximum Gasteiger partial charge on any atom is 0.407 e. The van der Waals surface area contributed by atoms with E-state index in [0.717, 1.165) is 0 Å². The predicted octanol–water partition coefficient (Wildman–Crippen LogP) is 1.85. The molecule has 3 atom stereocenters. The molecule has 0 saturated carbocycles.